The summed E-state index contributed by atoms with van der Waals surface area (Å²) in [6, 6.07) is 8.97. The molecule has 0 aliphatic carbocycles. The fourth-order valence-corrected chi connectivity index (χ4v) is 2.89. The molecular weight excluding hydrogens is 412 g/mol. The first-order valence-corrected chi connectivity index (χ1v) is 11.3. The third-order valence-corrected chi connectivity index (χ3v) is 4.63. The Labute approximate surface area is 191 Å². The van der Waals surface area contributed by atoms with E-state index in [0.717, 1.165) is 24.0 Å². The molecule has 1 atom stereocenters. The predicted octanol–water partition coefficient (Wildman–Crippen LogP) is 6.31. The number of Topliss-reactive ketones (excluding diaryl/α,β-unsaturated/α-hetero) is 1. The summed E-state index contributed by atoms with van der Waals surface area (Å²) in [5.74, 6) is 0.516. The number of nitrogens with zero attached hydrogens (tertiary/aromatic N) is 1. The molecule has 6 heteroatoms. The Morgan fingerprint density at radius 3 is 2.35 bits per heavy atom. The molecule has 1 heterocycles. The van der Waals surface area contributed by atoms with Crippen LogP contribution >= 0.6 is 11.6 Å². The molecule has 0 aliphatic rings. The van der Waals surface area contributed by atoms with E-state index in [4.69, 9.17) is 16.3 Å². The van der Waals surface area contributed by atoms with Crippen LogP contribution in [0.15, 0.2) is 36.5 Å². The van der Waals surface area contributed by atoms with Gasteiger partial charge in [0.05, 0.1) is 6.10 Å². The van der Waals surface area contributed by atoms with Crippen molar-refractivity contribution in [3.8, 4) is 5.75 Å². The van der Waals surface area contributed by atoms with E-state index >= 15 is 0 Å². The molecule has 0 bridgehead atoms. The Hall–Kier alpha value is -2.40. The van der Waals surface area contributed by atoms with Gasteiger partial charge in [0.2, 0.25) is 0 Å². The second kappa shape index (κ2) is 14.6. The van der Waals surface area contributed by atoms with Gasteiger partial charge in [-0.2, -0.15) is 0 Å². The smallest absolute Gasteiger partial charge is 0.270 e. The number of nitrogens with one attached hydrogen (secondary N) is 1. The molecule has 0 aliphatic heterocycles. The second-order valence-corrected chi connectivity index (χ2v) is 8.06. The largest absolute Gasteiger partial charge is 0.490 e. The number of ketones is 1. The van der Waals surface area contributed by atoms with Gasteiger partial charge in [0.15, 0.2) is 0 Å². The fraction of sp³-hybridized carbons (Fsp3) is 0.480. The van der Waals surface area contributed by atoms with Crippen LogP contribution in [0.4, 0.5) is 0 Å². The van der Waals surface area contributed by atoms with Crippen LogP contribution < -0.4 is 10.1 Å². The van der Waals surface area contributed by atoms with Crippen LogP contribution in [-0.4, -0.2) is 22.8 Å². The third kappa shape index (κ3) is 10.5. The zero-order valence-electron chi connectivity index (χ0n) is 19.3. The molecule has 0 radical (unpaired) electrons. The lowest BCUT2D eigenvalue weighted by atomic mass is 10.1. The van der Waals surface area contributed by atoms with E-state index in [2.05, 4.69) is 31.1 Å². The quantitative estimate of drug-likeness (QED) is 0.464. The molecule has 0 saturated heterocycles. The van der Waals surface area contributed by atoms with Gasteiger partial charge in [-0.05, 0) is 44.4 Å². The van der Waals surface area contributed by atoms with E-state index in [1.54, 1.807) is 31.3 Å². The number of carbonyl (C=O) groups is 2. The Bertz CT molecular complexity index is 822. The number of aryl methyl sites for hydroxylation is 1. The molecule has 1 N–H and O–H groups in total. The van der Waals surface area contributed by atoms with E-state index in [-0.39, 0.29) is 17.8 Å². The number of ether oxygens (including phenoxy) is 1. The summed E-state index contributed by atoms with van der Waals surface area (Å²) in [4.78, 5) is 28.0. The van der Waals surface area contributed by atoms with Gasteiger partial charge in [-0.15, -0.1) is 0 Å². The highest BCUT2D eigenvalue weighted by molar-refractivity contribution is 6.30. The van der Waals surface area contributed by atoms with Gasteiger partial charge in [0, 0.05) is 35.8 Å². The lowest BCUT2D eigenvalue weighted by Gasteiger charge is -2.20. The molecule has 1 amide bonds. The van der Waals surface area contributed by atoms with Gasteiger partial charge >= 0.3 is 0 Å². The van der Waals surface area contributed by atoms with Crippen LogP contribution in [0.3, 0.4) is 0 Å². The van der Waals surface area contributed by atoms with Gasteiger partial charge < -0.3 is 14.8 Å². The molecule has 0 fully saturated rings. The number of rotatable bonds is 10. The van der Waals surface area contributed by atoms with Gasteiger partial charge in [0.1, 0.15) is 17.2 Å². The van der Waals surface area contributed by atoms with Crippen molar-refractivity contribution in [1.82, 2.24) is 10.3 Å². The fourth-order valence-electron chi connectivity index (χ4n) is 2.76. The lowest BCUT2D eigenvalue weighted by molar-refractivity contribution is -0.117. The zero-order chi connectivity index (χ0) is 23.2. The summed E-state index contributed by atoms with van der Waals surface area (Å²) >= 11 is 5.88. The van der Waals surface area contributed by atoms with Crippen molar-refractivity contribution < 1.29 is 14.3 Å². The standard InChI is InChI=1S/C22H27ClN2O3.C3H8/c1-4-5-19(11-6-16(3)26)28-21-12-20(24-13-15(21)2)22(27)25-14-17-7-9-18(23)10-8-17;1-3-2/h7-10,12-13,19H,4-6,11,14H2,1-3H3,(H,25,27);3H2,1-2H3. The van der Waals surface area contributed by atoms with Gasteiger partial charge in [0.25, 0.3) is 5.91 Å². The van der Waals surface area contributed by atoms with Crippen molar-refractivity contribution in [2.45, 2.75) is 79.4 Å². The summed E-state index contributed by atoms with van der Waals surface area (Å²) < 4.78 is 6.12. The van der Waals surface area contributed by atoms with E-state index in [9.17, 15) is 9.59 Å². The van der Waals surface area contributed by atoms with Crippen molar-refractivity contribution >= 4 is 23.3 Å². The van der Waals surface area contributed by atoms with Gasteiger partial charge in [-0.25, -0.2) is 0 Å². The average Bonchev–Trinajstić information content (AvgIpc) is 2.73. The van der Waals surface area contributed by atoms with Crippen LogP contribution in [-0.2, 0) is 11.3 Å². The molecule has 0 saturated carbocycles. The van der Waals surface area contributed by atoms with Gasteiger partial charge in [-0.1, -0.05) is 57.3 Å². The number of hydrogen-bond donors (Lipinski definition) is 1. The zero-order valence-corrected chi connectivity index (χ0v) is 20.1. The highest BCUT2D eigenvalue weighted by Gasteiger charge is 2.15. The third-order valence-electron chi connectivity index (χ3n) is 4.38. The maximum atomic E-state index is 12.5. The van der Waals surface area contributed by atoms with Crippen LogP contribution in [0.2, 0.25) is 5.02 Å². The highest BCUT2D eigenvalue weighted by atomic mass is 35.5. The topological polar surface area (TPSA) is 68.3 Å². The maximum Gasteiger partial charge on any atom is 0.270 e. The SMILES string of the molecule is CCC.CCCC(CCC(C)=O)Oc1cc(C(=O)NCc2ccc(Cl)cc2)ncc1C. The van der Waals surface area contributed by atoms with E-state index in [1.807, 2.05) is 19.1 Å². The first-order valence-electron chi connectivity index (χ1n) is 11.0. The summed E-state index contributed by atoms with van der Waals surface area (Å²) in [5.41, 5.74) is 2.11. The van der Waals surface area contributed by atoms with Crippen LogP contribution in [0.5, 0.6) is 5.75 Å². The molecule has 31 heavy (non-hydrogen) atoms. The van der Waals surface area contributed by atoms with Crippen molar-refractivity contribution in [3.05, 3.63) is 58.4 Å². The second-order valence-electron chi connectivity index (χ2n) is 7.62. The van der Waals surface area contributed by atoms with E-state index in [0.29, 0.717) is 35.9 Å². The lowest BCUT2D eigenvalue weighted by Crippen LogP contribution is -2.24. The Morgan fingerprint density at radius 1 is 1.13 bits per heavy atom. The summed E-state index contributed by atoms with van der Waals surface area (Å²) in [6.45, 7) is 10.2. The molecule has 0 spiro atoms. The van der Waals surface area contributed by atoms with Crippen molar-refractivity contribution in [2.75, 3.05) is 0 Å². The Kier molecular flexibility index (Phi) is 12.5. The summed E-state index contributed by atoms with van der Waals surface area (Å²) in [6.07, 6.45) is 5.81. The average molecular weight is 447 g/mol. The molecule has 1 unspecified atom stereocenters. The minimum absolute atomic E-state index is 0.0556. The number of halogens is 1. The van der Waals surface area contributed by atoms with Crippen LogP contribution in [0, 0.1) is 6.92 Å². The van der Waals surface area contributed by atoms with Crippen LogP contribution in [0.1, 0.15) is 81.4 Å². The minimum Gasteiger partial charge on any atom is -0.490 e. The van der Waals surface area contributed by atoms with Crippen molar-refractivity contribution in [1.29, 1.82) is 0 Å². The van der Waals surface area contributed by atoms with Crippen LogP contribution in [0.25, 0.3) is 0 Å². The molecule has 2 aromatic rings. The number of benzene rings is 1. The first kappa shape index (κ1) is 26.6. The molecule has 1 aromatic carbocycles. The number of carbonyl (C=O) groups excluding carboxylic acids is 2. The number of amides is 1. The van der Waals surface area contributed by atoms with E-state index in [1.165, 1.54) is 6.42 Å². The predicted molar refractivity (Wildman–Crippen MR) is 127 cm³/mol. The number of pyridine rings is 1. The van der Waals surface area contributed by atoms with Crippen molar-refractivity contribution in [3.63, 3.8) is 0 Å². The molecule has 5 nitrogen and oxygen atoms in total. The Morgan fingerprint density at radius 2 is 1.77 bits per heavy atom. The monoisotopic (exact) mass is 446 g/mol. The summed E-state index contributed by atoms with van der Waals surface area (Å²) in [7, 11) is 0. The molecule has 1 aromatic heterocycles. The normalized spacial score (nSPS) is 11.2. The Balaban J connectivity index is 0.00000151. The molecule has 170 valence electrons. The maximum absolute atomic E-state index is 12.5. The number of hydrogen-bond acceptors (Lipinski definition) is 4. The molecular formula is C25H35ClN2O3. The summed E-state index contributed by atoms with van der Waals surface area (Å²) in [5, 5.41) is 3.51. The highest BCUT2D eigenvalue weighted by Crippen LogP contribution is 2.22. The first-order chi connectivity index (χ1) is 14.8. The number of aromatic nitrogens is 1. The van der Waals surface area contributed by atoms with E-state index < -0.39 is 0 Å². The molecule has 2 rings (SSSR count). The van der Waals surface area contributed by atoms with Crippen molar-refractivity contribution in [2.24, 2.45) is 0 Å². The minimum atomic E-state index is -0.268. The van der Waals surface area contributed by atoms with Gasteiger partial charge in [-0.3, -0.25) is 9.78 Å².